The predicted molar refractivity (Wildman–Crippen MR) is 139 cm³/mol. The van der Waals surface area contributed by atoms with Crippen LogP contribution < -0.4 is 15.4 Å². The number of para-hydroxylation sites is 1. The molecule has 0 radical (unpaired) electrons. The molecule has 37 heavy (non-hydrogen) atoms. The molecule has 2 N–H and O–H groups in total. The van der Waals surface area contributed by atoms with E-state index >= 15 is 0 Å². The first kappa shape index (κ1) is 23.6. The number of nitrogens with two attached hydrogens (primary N) is 1. The summed E-state index contributed by atoms with van der Waals surface area (Å²) in [5.74, 6) is 1.85. The van der Waals surface area contributed by atoms with Crippen LogP contribution in [0.4, 0.5) is 5.82 Å². The molecule has 2 aliphatic heterocycles. The lowest BCUT2D eigenvalue weighted by Crippen LogP contribution is -2.51. The van der Waals surface area contributed by atoms with E-state index in [-0.39, 0.29) is 11.8 Å². The van der Waals surface area contributed by atoms with Crippen molar-refractivity contribution in [2.75, 3.05) is 18.0 Å². The van der Waals surface area contributed by atoms with E-state index in [0.717, 1.165) is 24.2 Å². The Morgan fingerprint density at radius 1 is 1.11 bits per heavy atom. The van der Waals surface area contributed by atoms with E-state index in [1.165, 1.54) is 18.7 Å². The van der Waals surface area contributed by atoms with Crippen LogP contribution in [0.25, 0.3) is 11.5 Å². The van der Waals surface area contributed by atoms with Gasteiger partial charge in [-0.15, -0.1) is 0 Å². The molecule has 6 rings (SSSR count). The molecule has 188 valence electrons. The normalized spacial score (nSPS) is 18.0. The molecule has 2 aliphatic rings. The maximum atomic E-state index is 12.6. The first-order valence-electron chi connectivity index (χ1n) is 12.1. The van der Waals surface area contributed by atoms with Gasteiger partial charge in [-0.2, -0.15) is 5.10 Å². The molecule has 0 saturated carbocycles. The van der Waals surface area contributed by atoms with Gasteiger partial charge in [0.15, 0.2) is 17.4 Å². The Bertz CT molecular complexity index is 1480. The summed E-state index contributed by atoms with van der Waals surface area (Å²) in [5, 5.41) is 5.64. The second-order valence-corrected chi connectivity index (χ2v) is 10.3. The minimum Gasteiger partial charge on any atom is -0.485 e. The number of anilines is 1. The van der Waals surface area contributed by atoms with Crippen molar-refractivity contribution in [3.8, 4) is 17.3 Å². The van der Waals surface area contributed by atoms with Crippen LogP contribution in [0.2, 0.25) is 0 Å². The lowest BCUT2D eigenvalue weighted by atomic mass is 9.83. The van der Waals surface area contributed by atoms with Gasteiger partial charge in [0.2, 0.25) is 0 Å². The van der Waals surface area contributed by atoms with Crippen LogP contribution in [0.1, 0.15) is 41.9 Å². The minimum atomic E-state index is -0.432. The molecule has 1 saturated heterocycles. The Morgan fingerprint density at radius 2 is 1.92 bits per heavy atom. The molecule has 5 heterocycles. The number of nitrogens with zero attached hydrogens (tertiary/aromatic N) is 7. The monoisotopic (exact) mass is 514 g/mol. The fourth-order valence-electron chi connectivity index (χ4n) is 4.95. The van der Waals surface area contributed by atoms with Crippen LogP contribution in [-0.2, 0) is 7.05 Å². The SMILES string of the molecule is CC(=O)c1nc(Sc2ccnc(-c3ccn(C)n3)n2)cnc1N1CCC2(CC1)Oc1ccccc1[C@H]2N. The van der Waals surface area contributed by atoms with Gasteiger partial charge in [0.05, 0.1) is 12.2 Å². The van der Waals surface area contributed by atoms with Gasteiger partial charge in [-0.25, -0.2) is 19.9 Å². The number of benzene rings is 1. The van der Waals surface area contributed by atoms with Crippen molar-refractivity contribution in [2.45, 2.75) is 41.5 Å². The fourth-order valence-corrected chi connectivity index (χ4v) is 5.67. The third kappa shape index (κ3) is 4.34. The average Bonchev–Trinajstić information content (AvgIpc) is 3.46. The zero-order chi connectivity index (χ0) is 25.6. The molecular weight excluding hydrogens is 488 g/mol. The number of hydrogen-bond acceptors (Lipinski definition) is 10. The molecule has 1 aromatic carbocycles. The number of piperidine rings is 1. The van der Waals surface area contributed by atoms with Crippen LogP contribution >= 0.6 is 11.8 Å². The maximum Gasteiger partial charge on any atom is 0.181 e. The first-order chi connectivity index (χ1) is 17.9. The molecule has 4 aromatic rings. The van der Waals surface area contributed by atoms with Crippen LogP contribution in [-0.4, -0.2) is 54.2 Å². The number of ketones is 1. The van der Waals surface area contributed by atoms with Crippen molar-refractivity contribution < 1.29 is 9.53 Å². The molecule has 0 unspecified atom stereocenters. The number of aromatic nitrogens is 6. The minimum absolute atomic E-state index is 0.136. The summed E-state index contributed by atoms with van der Waals surface area (Å²) >= 11 is 1.33. The maximum absolute atomic E-state index is 12.6. The van der Waals surface area contributed by atoms with Gasteiger partial charge in [0.1, 0.15) is 32.8 Å². The number of rotatable bonds is 5. The summed E-state index contributed by atoms with van der Waals surface area (Å²) in [7, 11) is 1.85. The Hall–Kier alpha value is -3.83. The smallest absolute Gasteiger partial charge is 0.181 e. The van der Waals surface area contributed by atoms with E-state index in [4.69, 9.17) is 10.5 Å². The summed E-state index contributed by atoms with van der Waals surface area (Å²) in [6.07, 6.45) is 6.68. The summed E-state index contributed by atoms with van der Waals surface area (Å²) in [5.41, 5.74) is 8.27. The van der Waals surface area contributed by atoms with Crippen molar-refractivity contribution in [3.63, 3.8) is 0 Å². The molecule has 0 aliphatic carbocycles. The summed E-state index contributed by atoms with van der Waals surface area (Å²) in [6, 6.07) is 11.5. The van der Waals surface area contributed by atoms with Gasteiger partial charge in [-0.3, -0.25) is 9.48 Å². The summed E-state index contributed by atoms with van der Waals surface area (Å²) < 4.78 is 8.07. The number of aryl methyl sites for hydroxylation is 1. The van der Waals surface area contributed by atoms with Gasteiger partial charge in [-0.05, 0) is 30.0 Å². The second kappa shape index (κ2) is 9.24. The number of carbonyl (C=O) groups is 1. The summed E-state index contributed by atoms with van der Waals surface area (Å²) in [6.45, 7) is 2.86. The number of hydrogen-bond donors (Lipinski definition) is 1. The lowest BCUT2D eigenvalue weighted by molar-refractivity contribution is 0.0430. The topological polar surface area (TPSA) is 125 Å². The molecule has 0 bridgehead atoms. The van der Waals surface area contributed by atoms with Crippen molar-refractivity contribution in [1.82, 2.24) is 29.7 Å². The molecule has 0 amide bonds. The van der Waals surface area contributed by atoms with Crippen LogP contribution in [0, 0.1) is 0 Å². The summed E-state index contributed by atoms with van der Waals surface area (Å²) in [4.78, 5) is 32.9. The second-order valence-electron chi connectivity index (χ2n) is 9.30. The van der Waals surface area contributed by atoms with E-state index in [0.29, 0.717) is 46.2 Å². The first-order valence-corrected chi connectivity index (χ1v) is 12.9. The molecule has 11 heteroatoms. The van der Waals surface area contributed by atoms with E-state index in [2.05, 4.69) is 29.9 Å². The molecular formula is C26H26N8O2S. The molecule has 1 spiro atoms. The lowest BCUT2D eigenvalue weighted by Gasteiger charge is -2.41. The highest BCUT2D eigenvalue weighted by molar-refractivity contribution is 7.99. The molecule has 1 atom stereocenters. The highest BCUT2D eigenvalue weighted by atomic mass is 32.2. The molecule has 10 nitrogen and oxygen atoms in total. The van der Waals surface area contributed by atoms with E-state index in [1.807, 2.05) is 43.6 Å². The van der Waals surface area contributed by atoms with Gasteiger partial charge < -0.3 is 15.4 Å². The van der Waals surface area contributed by atoms with Gasteiger partial charge in [0, 0.05) is 57.9 Å². The van der Waals surface area contributed by atoms with Gasteiger partial charge in [0.25, 0.3) is 0 Å². The van der Waals surface area contributed by atoms with Crippen molar-refractivity contribution in [3.05, 3.63) is 66.2 Å². The van der Waals surface area contributed by atoms with Crippen molar-refractivity contribution in [1.29, 1.82) is 0 Å². The Kier molecular flexibility index (Phi) is 5.88. The zero-order valence-electron chi connectivity index (χ0n) is 20.5. The average molecular weight is 515 g/mol. The quantitative estimate of drug-likeness (QED) is 0.313. The third-order valence-electron chi connectivity index (χ3n) is 6.89. The van der Waals surface area contributed by atoms with Crippen molar-refractivity contribution in [2.24, 2.45) is 12.8 Å². The highest BCUT2D eigenvalue weighted by Gasteiger charge is 2.48. The number of carbonyl (C=O) groups excluding carboxylic acids is 1. The van der Waals surface area contributed by atoms with E-state index in [9.17, 15) is 4.79 Å². The highest BCUT2D eigenvalue weighted by Crippen LogP contribution is 2.47. The number of Topliss-reactive ketones (excluding diaryl/α,β-unsaturated/α-hetero) is 1. The number of ether oxygens (including phenoxy) is 1. The molecule has 3 aromatic heterocycles. The third-order valence-corrected chi connectivity index (χ3v) is 7.73. The van der Waals surface area contributed by atoms with Gasteiger partial charge >= 0.3 is 0 Å². The Balaban J connectivity index is 1.20. The Labute approximate surface area is 218 Å². The van der Waals surface area contributed by atoms with Crippen LogP contribution in [0.3, 0.4) is 0 Å². The van der Waals surface area contributed by atoms with Crippen molar-refractivity contribution >= 4 is 23.4 Å². The van der Waals surface area contributed by atoms with Crippen LogP contribution in [0.15, 0.2) is 65.0 Å². The zero-order valence-corrected chi connectivity index (χ0v) is 21.4. The Morgan fingerprint density at radius 3 is 2.65 bits per heavy atom. The van der Waals surface area contributed by atoms with E-state index < -0.39 is 5.60 Å². The standard InChI is InChI=1S/C26H26N8O2S/c1-16(35)22-25(34-13-9-26(10-14-34)23(27)17-5-3-4-6-19(17)36-26)29-15-21(30-22)37-20-7-11-28-24(31-20)18-8-12-33(2)32-18/h3-8,11-12,15,23H,9-10,13-14,27H2,1-2H3/t23-/m1/s1. The van der Waals surface area contributed by atoms with Crippen LogP contribution in [0.5, 0.6) is 5.75 Å². The molecule has 1 fully saturated rings. The number of fused-ring (bicyclic) bond motifs is 1. The van der Waals surface area contributed by atoms with E-state index in [1.54, 1.807) is 23.1 Å². The largest absolute Gasteiger partial charge is 0.485 e. The fraction of sp³-hybridized carbons (Fsp3) is 0.308. The predicted octanol–water partition coefficient (Wildman–Crippen LogP) is 3.45. The van der Waals surface area contributed by atoms with Gasteiger partial charge in [-0.1, -0.05) is 18.2 Å².